The number of halogens is 3. The minimum absolute atomic E-state index is 0.0638. The molecule has 5 heteroatoms. The van der Waals surface area contributed by atoms with E-state index in [1.165, 1.54) is 6.07 Å². The van der Waals surface area contributed by atoms with E-state index in [0.29, 0.717) is 11.1 Å². The standard InChI is InChI=1S/C15H16BrF2NO/c1-2-7-19-13(14-5-6-15(16)20-14)9-10-3-4-11(17)12(18)8-10/h3-6,8,13,19H,2,7,9H2,1H3. The molecular weight excluding hydrogens is 328 g/mol. The molecule has 0 saturated heterocycles. The second-order valence-electron chi connectivity index (χ2n) is 4.60. The average molecular weight is 344 g/mol. The van der Waals surface area contributed by atoms with Crippen LogP contribution in [0, 0.1) is 11.6 Å². The Balaban J connectivity index is 2.16. The van der Waals surface area contributed by atoms with Crippen LogP contribution in [0.2, 0.25) is 0 Å². The summed E-state index contributed by atoms with van der Waals surface area (Å²) in [4.78, 5) is 0. The molecule has 1 aromatic heterocycles. The van der Waals surface area contributed by atoms with Gasteiger partial charge in [0.25, 0.3) is 0 Å². The van der Waals surface area contributed by atoms with Crippen LogP contribution in [0.1, 0.15) is 30.7 Å². The van der Waals surface area contributed by atoms with Crippen LogP contribution < -0.4 is 5.32 Å². The Labute approximate surface area is 125 Å². The molecule has 1 aromatic carbocycles. The zero-order valence-electron chi connectivity index (χ0n) is 11.1. The Kier molecular flexibility index (Phi) is 5.31. The molecule has 0 radical (unpaired) electrons. The van der Waals surface area contributed by atoms with Gasteiger partial charge in [-0.3, -0.25) is 0 Å². The summed E-state index contributed by atoms with van der Waals surface area (Å²) in [5.74, 6) is -0.875. The van der Waals surface area contributed by atoms with E-state index >= 15 is 0 Å². The normalized spacial score (nSPS) is 12.6. The Morgan fingerprint density at radius 1 is 1.20 bits per heavy atom. The predicted octanol–water partition coefficient (Wildman–Crippen LogP) is 4.60. The lowest BCUT2D eigenvalue weighted by Gasteiger charge is -2.16. The smallest absolute Gasteiger partial charge is 0.169 e. The first-order valence-electron chi connectivity index (χ1n) is 6.52. The molecule has 1 atom stereocenters. The fourth-order valence-electron chi connectivity index (χ4n) is 2.01. The third kappa shape index (κ3) is 3.90. The fourth-order valence-corrected chi connectivity index (χ4v) is 2.33. The van der Waals surface area contributed by atoms with E-state index in [1.807, 2.05) is 12.1 Å². The Morgan fingerprint density at radius 2 is 2.00 bits per heavy atom. The quantitative estimate of drug-likeness (QED) is 0.828. The second-order valence-corrected chi connectivity index (χ2v) is 5.38. The topological polar surface area (TPSA) is 25.2 Å². The van der Waals surface area contributed by atoms with Crippen molar-refractivity contribution in [1.29, 1.82) is 0 Å². The highest BCUT2D eigenvalue weighted by Gasteiger charge is 2.16. The van der Waals surface area contributed by atoms with Crippen molar-refractivity contribution >= 4 is 15.9 Å². The van der Waals surface area contributed by atoms with Gasteiger partial charge in [-0.15, -0.1) is 0 Å². The van der Waals surface area contributed by atoms with Crippen LogP contribution >= 0.6 is 15.9 Å². The summed E-state index contributed by atoms with van der Waals surface area (Å²) in [6.07, 6.45) is 1.52. The number of furan rings is 1. The molecule has 0 aliphatic rings. The number of nitrogens with one attached hydrogen (secondary N) is 1. The van der Waals surface area contributed by atoms with Crippen molar-refractivity contribution in [3.63, 3.8) is 0 Å². The molecule has 1 unspecified atom stereocenters. The van der Waals surface area contributed by atoms with Crippen LogP contribution in [0.5, 0.6) is 0 Å². The van der Waals surface area contributed by atoms with Crippen molar-refractivity contribution in [3.05, 3.63) is 58.0 Å². The van der Waals surface area contributed by atoms with Crippen molar-refractivity contribution < 1.29 is 13.2 Å². The van der Waals surface area contributed by atoms with Gasteiger partial charge < -0.3 is 9.73 Å². The summed E-state index contributed by atoms with van der Waals surface area (Å²) in [6, 6.07) is 7.61. The second kappa shape index (κ2) is 6.99. The highest BCUT2D eigenvalue weighted by Crippen LogP contribution is 2.24. The van der Waals surface area contributed by atoms with Gasteiger partial charge in [0, 0.05) is 0 Å². The van der Waals surface area contributed by atoms with E-state index in [1.54, 1.807) is 6.07 Å². The SMILES string of the molecule is CCCNC(Cc1ccc(F)c(F)c1)c1ccc(Br)o1. The lowest BCUT2D eigenvalue weighted by Crippen LogP contribution is -2.23. The third-order valence-electron chi connectivity index (χ3n) is 3.00. The Hall–Kier alpha value is -1.20. The van der Waals surface area contributed by atoms with Gasteiger partial charge in [-0.25, -0.2) is 8.78 Å². The Morgan fingerprint density at radius 3 is 2.60 bits per heavy atom. The van der Waals surface area contributed by atoms with Gasteiger partial charge in [-0.05, 0) is 65.1 Å². The molecule has 1 N–H and O–H groups in total. The molecule has 0 amide bonds. The molecule has 0 fully saturated rings. The summed E-state index contributed by atoms with van der Waals surface area (Å²) in [6.45, 7) is 2.90. The average Bonchev–Trinajstić information content (AvgIpc) is 2.85. The number of benzene rings is 1. The molecule has 0 aliphatic heterocycles. The lowest BCUT2D eigenvalue weighted by molar-refractivity contribution is 0.399. The van der Waals surface area contributed by atoms with Crippen LogP contribution in [0.4, 0.5) is 8.78 Å². The van der Waals surface area contributed by atoms with E-state index in [-0.39, 0.29) is 6.04 Å². The zero-order chi connectivity index (χ0) is 14.5. The zero-order valence-corrected chi connectivity index (χ0v) is 12.7. The highest BCUT2D eigenvalue weighted by atomic mass is 79.9. The van der Waals surface area contributed by atoms with E-state index in [9.17, 15) is 8.78 Å². The largest absolute Gasteiger partial charge is 0.453 e. The summed E-state index contributed by atoms with van der Waals surface area (Å²) >= 11 is 3.27. The van der Waals surface area contributed by atoms with Crippen LogP contribution in [0.15, 0.2) is 39.4 Å². The monoisotopic (exact) mass is 343 g/mol. The molecule has 0 aliphatic carbocycles. The van der Waals surface area contributed by atoms with Gasteiger partial charge in [0.05, 0.1) is 6.04 Å². The van der Waals surface area contributed by atoms with Crippen molar-refractivity contribution in [2.75, 3.05) is 6.54 Å². The van der Waals surface area contributed by atoms with E-state index in [4.69, 9.17) is 4.42 Å². The van der Waals surface area contributed by atoms with Crippen LogP contribution in [0.3, 0.4) is 0 Å². The molecule has 2 nitrogen and oxygen atoms in total. The number of hydrogen-bond donors (Lipinski definition) is 1. The highest BCUT2D eigenvalue weighted by molar-refractivity contribution is 9.10. The Bertz CT molecular complexity index is 571. The summed E-state index contributed by atoms with van der Waals surface area (Å²) in [5, 5.41) is 3.35. The minimum Gasteiger partial charge on any atom is -0.453 e. The van der Waals surface area contributed by atoms with Crippen LogP contribution in [0.25, 0.3) is 0 Å². The first kappa shape index (κ1) is 15.2. The first-order valence-corrected chi connectivity index (χ1v) is 7.32. The van der Waals surface area contributed by atoms with Gasteiger partial charge in [0.2, 0.25) is 0 Å². The predicted molar refractivity (Wildman–Crippen MR) is 77.5 cm³/mol. The van der Waals surface area contributed by atoms with E-state index in [2.05, 4.69) is 28.2 Å². The van der Waals surface area contributed by atoms with Crippen molar-refractivity contribution in [2.45, 2.75) is 25.8 Å². The molecule has 2 aromatic rings. The number of rotatable bonds is 6. The van der Waals surface area contributed by atoms with Gasteiger partial charge in [-0.2, -0.15) is 0 Å². The molecule has 2 rings (SSSR count). The maximum atomic E-state index is 13.3. The maximum Gasteiger partial charge on any atom is 0.169 e. The summed E-state index contributed by atoms with van der Waals surface area (Å²) in [7, 11) is 0. The van der Waals surface area contributed by atoms with Gasteiger partial charge in [0.1, 0.15) is 5.76 Å². The van der Waals surface area contributed by atoms with E-state index < -0.39 is 11.6 Å². The molecule has 0 spiro atoms. The minimum atomic E-state index is -0.826. The molecule has 0 saturated carbocycles. The summed E-state index contributed by atoms with van der Waals surface area (Å²) < 4.78 is 32.4. The van der Waals surface area contributed by atoms with Gasteiger partial charge in [-0.1, -0.05) is 13.0 Å². The number of hydrogen-bond acceptors (Lipinski definition) is 2. The molecular formula is C15H16BrF2NO. The van der Waals surface area contributed by atoms with Gasteiger partial charge in [0.15, 0.2) is 16.3 Å². The molecule has 108 valence electrons. The van der Waals surface area contributed by atoms with Crippen molar-refractivity contribution in [1.82, 2.24) is 5.32 Å². The fraction of sp³-hybridized carbons (Fsp3) is 0.333. The van der Waals surface area contributed by atoms with Gasteiger partial charge >= 0.3 is 0 Å². The van der Waals surface area contributed by atoms with Crippen molar-refractivity contribution in [3.8, 4) is 0 Å². The maximum absolute atomic E-state index is 13.3. The third-order valence-corrected chi connectivity index (χ3v) is 3.43. The molecule has 0 bridgehead atoms. The van der Waals surface area contributed by atoms with Crippen LogP contribution in [-0.4, -0.2) is 6.54 Å². The van der Waals surface area contributed by atoms with Crippen molar-refractivity contribution in [2.24, 2.45) is 0 Å². The molecule has 20 heavy (non-hydrogen) atoms. The van der Waals surface area contributed by atoms with E-state index in [0.717, 1.165) is 30.4 Å². The molecule has 1 heterocycles. The lowest BCUT2D eigenvalue weighted by atomic mass is 10.0. The van der Waals surface area contributed by atoms with Crippen LogP contribution in [-0.2, 0) is 6.42 Å². The first-order chi connectivity index (χ1) is 9.60. The summed E-state index contributed by atoms with van der Waals surface area (Å²) in [5.41, 5.74) is 0.727.